The van der Waals surface area contributed by atoms with Crippen LogP contribution in [0.1, 0.15) is 59.8 Å². The molecular formula is C23H37N3O8. The van der Waals surface area contributed by atoms with E-state index < -0.39 is 48.3 Å². The van der Waals surface area contributed by atoms with Crippen molar-refractivity contribution in [3.8, 4) is 0 Å². The molecule has 0 radical (unpaired) electrons. The van der Waals surface area contributed by atoms with E-state index in [4.69, 9.17) is 4.74 Å². The van der Waals surface area contributed by atoms with Gasteiger partial charge in [-0.2, -0.15) is 0 Å². The maximum absolute atomic E-state index is 13.4. The molecular weight excluding hydrogens is 446 g/mol. The van der Waals surface area contributed by atoms with Gasteiger partial charge in [-0.15, -0.1) is 0 Å². The smallest absolute Gasteiger partial charge is 0.407 e. The predicted octanol–water partition coefficient (Wildman–Crippen LogP) is 0.00910. The van der Waals surface area contributed by atoms with Crippen LogP contribution in [0.15, 0.2) is 0 Å². The van der Waals surface area contributed by atoms with Crippen molar-refractivity contribution in [3.63, 3.8) is 0 Å². The quantitative estimate of drug-likeness (QED) is 0.393. The Hall–Kier alpha value is -2.53. The summed E-state index contributed by atoms with van der Waals surface area (Å²) in [6, 6.07) is -2.80. The maximum Gasteiger partial charge on any atom is 0.407 e. The molecule has 0 aliphatic carbocycles. The summed E-state index contributed by atoms with van der Waals surface area (Å²) in [5.41, 5.74) is 0. The Morgan fingerprint density at radius 3 is 2.09 bits per heavy atom. The predicted molar refractivity (Wildman–Crippen MR) is 121 cm³/mol. The van der Waals surface area contributed by atoms with Crippen LogP contribution in [-0.2, 0) is 23.9 Å². The van der Waals surface area contributed by atoms with Crippen molar-refractivity contribution in [2.75, 3.05) is 19.7 Å². The third-order valence-corrected chi connectivity index (χ3v) is 6.55. The van der Waals surface area contributed by atoms with Crippen LogP contribution in [0.3, 0.4) is 0 Å². The largest absolute Gasteiger partial charge is 0.450 e. The van der Waals surface area contributed by atoms with Gasteiger partial charge in [0.25, 0.3) is 0 Å². The lowest BCUT2D eigenvalue weighted by atomic mass is 9.90. The summed E-state index contributed by atoms with van der Waals surface area (Å²) in [6.45, 7) is 6.50. The number of amides is 3. The number of carbonyl (C=O) groups is 5. The number of aliphatic hydroxyl groups is 2. The monoisotopic (exact) mass is 483 g/mol. The number of Topliss-reactive ketones (excluding diaryl/α,β-unsaturated/α-hetero) is 2. The van der Waals surface area contributed by atoms with Gasteiger partial charge >= 0.3 is 6.09 Å². The maximum atomic E-state index is 13.4. The molecule has 0 spiro atoms. The SMILES string of the molecule is CCOC(=O)N[C@H](C(=O)N1CCC[C@H]1C(=O)N1CCC[C@H]1C(=O)C[C@H](C(C)=O)[C@@H](C)O)[C@@H](C)O. The van der Waals surface area contributed by atoms with Gasteiger partial charge in [0.05, 0.1) is 24.9 Å². The highest BCUT2D eigenvalue weighted by molar-refractivity contribution is 5.96. The van der Waals surface area contributed by atoms with E-state index in [1.807, 2.05) is 0 Å². The van der Waals surface area contributed by atoms with Crippen LogP contribution in [0, 0.1) is 5.92 Å². The zero-order chi connectivity index (χ0) is 25.6. The van der Waals surface area contributed by atoms with Gasteiger partial charge in [0.15, 0.2) is 5.78 Å². The van der Waals surface area contributed by atoms with Crippen LogP contribution in [0.4, 0.5) is 4.79 Å². The second kappa shape index (κ2) is 12.3. The van der Waals surface area contributed by atoms with E-state index in [1.54, 1.807) is 6.92 Å². The molecule has 0 bridgehead atoms. The number of nitrogens with one attached hydrogen (secondary N) is 1. The molecule has 2 fully saturated rings. The Kier molecular flexibility index (Phi) is 9.99. The van der Waals surface area contributed by atoms with Gasteiger partial charge in [0.1, 0.15) is 17.9 Å². The summed E-state index contributed by atoms with van der Waals surface area (Å²) in [5, 5.41) is 22.3. The molecule has 0 aromatic carbocycles. The van der Waals surface area contributed by atoms with Crippen molar-refractivity contribution in [2.45, 2.75) is 90.1 Å². The van der Waals surface area contributed by atoms with Crippen LogP contribution in [0.5, 0.6) is 0 Å². The van der Waals surface area contributed by atoms with Crippen LogP contribution < -0.4 is 5.32 Å². The molecule has 2 heterocycles. The highest BCUT2D eigenvalue weighted by Gasteiger charge is 2.44. The van der Waals surface area contributed by atoms with E-state index in [1.165, 1.54) is 30.6 Å². The van der Waals surface area contributed by atoms with Gasteiger partial charge in [-0.25, -0.2) is 4.79 Å². The first-order valence-electron chi connectivity index (χ1n) is 11.9. The summed E-state index contributed by atoms with van der Waals surface area (Å²) in [5.74, 6) is -2.35. The lowest BCUT2D eigenvalue weighted by Gasteiger charge is -2.33. The highest BCUT2D eigenvalue weighted by Crippen LogP contribution is 2.27. The summed E-state index contributed by atoms with van der Waals surface area (Å²) < 4.78 is 4.81. The number of ether oxygens (including phenoxy) is 1. The Morgan fingerprint density at radius 1 is 0.971 bits per heavy atom. The number of hydrogen-bond acceptors (Lipinski definition) is 8. The molecule has 3 amide bonds. The van der Waals surface area contributed by atoms with Crippen molar-refractivity contribution >= 4 is 29.5 Å². The van der Waals surface area contributed by atoms with Gasteiger partial charge in [0.2, 0.25) is 11.8 Å². The first-order chi connectivity index (χ1) is 16.0. The molecule has 3 N–H and O–H groups in total. The molecule has 2 aliphatic rings. The minimum atomic E-state index is -1.27. The van der Waals surface area contributed by atoms with Crippen molar-refractivity contribution in [1.29, 1.82) is 0 Å². The molecule has 11 heteroatoms. The summed E-state index contributed by atoms with van der Waals surface area (Å²) in [7, 11) is 0. The zero-order valence-electron chi connectivity index (χ0n) is 20.4. The fourth-order valence-electron chi connectivity index (χ4n) is 4.72. The van der Waals surface area contributed by atoms with E-state index >= 15 is 0 Å². The zero-order valence-corrected chi connectivity index (χ0v) is 20.4. The number of nitrogens with zero attached hydrogens (tertiary/aromatic N) is 2. The molecule has 0 aromatic rings. The number of ketones is 2. The molecule has 192 valence electrons. The summed E-state index contributed by atoms with van der Waals surface area (Å²) in [6.07, 6.45) is -1.14. The summed E-state index contributed by atoms with van der Waals surface area (Å²) in [4.78, 5) is 66.0. The van der Waals surface area contributed by atoms with Crippen molar-refractivity contribution in [1.82, 2.24) is 15.1 Å². The van der Waals surface area contributed by atoms with Crippen molar-refractivity contribution in [2.24, 2.45) is 5.92 Å². The normalized spacial score (nSPS) is 23.7. The Morgan fingerprint density at radius 2 is 1.56 bits per heavy atom. The molecule has 11 nitrogen and oxygen atoms in total. The summed E-state index contributed by atoms with van der Waals surface area (Å²) >= 11 is 0. The second-order valence-electron chi connectivity index (χ2n) is 9.09. The average molecular weight is 484 g/mol. The fraction of sp³-hybridized carbons (Fsp3) is 0.783. The van der Waals surface area contributed by atoms with E-state index in [0.717, 1.165) is 0 Å². The van der Waals surface area contributed by atoms with E-state index in [2.05, 4.69) is 5.32 Å². The number of carbonyl (C=O) groups excluding carboxylic acids is 5. The molecule has 34 heavy (non-hydrogen) atoms. The standard InChI is InChI=1S/C23H37N3O8/c1-5-34-23(33)24-20(15(4)29)22(32)26-11-7-9-18(26)21(31)25-10-6-8-17(25)19(30)12-16(13(2)27)14(3)28/h13,15-18,20,27,29H,5-12H2,1-4H3,(H,24,33)/t13-,15-,16+,17+,18+,20+/m1/s1. The van der Waals surface area contributed by atoms with Gasteiger partial charge in [-0.3, -0.25) is 19.2 Å². The number of likely N-dealkylation sites (tertiary alicyclic amines) is 2. The topological polar surface area (TPSA) is 154 Å². The van der Waals surface area contributed by atoms with Gasteiger partial charge in [0, 0.05) is 25.4 Å². The number of rotatable bonds is 10. The van der Waals surface area contributed by atoms with Crippen LogP contribution in [0.25, 0.3) is 0 Å². The molecule has 2 saturated heterocycles. The number of aliphatic hydroxyl groups excluding tert-OH is 2. The van der Waals surface area contributed by atoms with Gasteiger partial charge in [-0.05, 0) is 53.4 Å². The third kappa shape index (κ3) is 6.53. The van der Waals surface area contributed by atoms with E-state index in [0.29, 0.717) is 32.2 Å². The van der Waals surface area contributed by atoms with E-state index in [9.17, 15) is 34.2 Å². The lowest BCUT2D eigenvalue weighted by molar-refractivity contribution is -0.148. The Balaban J connectivity index is 2.15. The third-order valence-electron chi connectivity index (χ3n) is 6.55. The van der Waals surface area contributed by atoms with Crippen LogP contribution >= 0.6 is 0 Å². The molecule has 0 aromatic heterocycles. The first-order valence-corrected chi connectivity index (χ1v) is 11.9. The lowest BCUT2D eigenvalue weighted by Crippen LogP contribution is -2.58. The van der Waals surface area contributed by atoms with Crippen LogP contribution in [0.2, 0.25) is 0 Å². The van der Waals surface area contributed by atoms with E-state index in [-0.39, 0.29) is 37.0 Å². The molecule has 2 rings (SSSR count). The molecule has 0 unspecified atom stereocenters. The first kappa shape index (κ1) is 27.7. The van der Waals surface area contributed by atoms with Crippen molar-refractivity contribution in [3.05, 3.63) is 0 Å². The minimum Gasteiger partial charge on any atom is -0.450 e. The minimum absolute atomic E-state index is 0.0985. The molecule has 0 saturated carbocycles. The average Bonchev–Trinajstić information content (AvgIpc) is 3.44. The Bertz CT molecular complexity index is 784. The number of hydrogen-bond donors (Lipinski definition) is 3. The number of alkyl carbamates (subject to hydrolysis) is 1. The molecule has 6 atom stereocenters. The highest BCUT2D eigenvalue weighted by atomic mass is 16.5. The second-order valence-corrected chi connectivity index (χ2v) is 9.09. The van der Waals surface area contributed by atoms with Crippen molar-refractivity contribution < 1.29 is 38.9 Å². The van der Waals surface area contributed by atoms with Gasteiger partial charge < -0.3 is 30.1 Å². The fourth-order valence-corrected chi connectivity index (χ4v) is 4.72. The van der Waals surface area contributed by atoms with Gasteiger partial charge in [-0.1, -0.05) is 0 Å². The molecule has 2 aliphatic heterocycles. The van der Waals surface area contributed by atoms with Crippen LogP contribution in [-0.4, -0.2) is 99.5 Å². The Labute approximate surface area is 199 Å².